The number of hydrogen-bond donors (Lipinski definition) is 0. The highest BCUT2D eigenvalue weighted by Gasteiger charge is 2.72. The largest absolute Gasteiger partial charge is 0.461 e. The van der Waals surface area contributed by atoms with Gasteiger partial charge in [0.15, 0.2) is 11.0 Å². The van der Waals surface area contributed by atoms with Gasteiger partial charge in [-0.25, -0.2) is 13.8 Å². The lowest BCUT2D eigenvalue weighted by molar-refractivity contribution is 0.0640. The molecule has 5 heterocycles. The van der Waals surface area contributed by atoms with Crippen LogP contribution in [0.2, 0.25) is 5.15 Å². The smallest absolute Gasteiger partial charge is 0.319 e. The number of anilines is 1. The summed E-state index contributed by atoms with van der Waals surface area (Å²) < 4.78 is 41.7. The standard InChI is InChI=1S/C25H28ClF2N5O2/c26-20-17(28)18-14(9-29-20)21(33-7-8-34-10-15-16(27)19(15)33)31-22(30-18)35-13-25-11-23(1-2-23)12-32(25)6-5-24(25)3-4-24/h9,15-16,19H,1-8,10-13H2/t15-,16-,19-,25-/m0/s1. The highest BCUT2D eigenvalue weighted by atomic mass is 35.5. The maximum absolute atomic E-state index is 15.1. The van der Waals surface area contributed by atoms with Gasteiger partial charge in [-0.1, -0.05) is 11.6 Å². The van der Waals surface area contributed by atoms with E-state index in [4.69, 9.17) is 26.1 Å². The van der Waals surface area contributed by atoms with Crippen LogP contribution in [-0.2, 0) is 4.74 Å². The Balaban J connectivity index is 1.18. The second kappa shape index (κ2) is 6.92. The number of nitrogens with zero attached hydrogens (tertiary/aromatic N) is 5. The third kappa shape index (κ3) is 2.92. The summed E-state index contributed by atoms with van der Waals surface area (Å²) >= 11 is 6.01. The van der Waals surface area contributed by atoms with E-state index < -0.39 is 12.0 Å². The minimum absolute atomic E-state index is 0.0124. The van der Waals surface area contributed by atoms with Crippen molar-refractivity contribution in [2.45, 2.75) is 56.3 Å². The Labute approximate surface area is 207 Å². The van der Waals surface area contributed by atoms with Crippen molar-refractivity contribution in [1.29, 1.82) is 0 Å². The molecule has 3 aliphatic carbocycles. The van der Waals surface area contributed by atoms with E-state index in [9.17, 15) is 4.39 Å². The third-order valence-corrected chi connectivity index (χ3v) is 10.2. The van der Waals surface area contributed by atoms with Crippen LogP contribution < -0.4 is 9.64 Å². The summed E-state index contributed by atoms with van der Waals surface area (Å²) in [6.07, 6.45) is 7.97. The SMILES string of the molecule is Fc1c(Cl)ncc2c(N3CCOC[C@H]4[C@H](F)[C@H]43)nc(OC[C@]34CC5(CC5)CN3CCC43CC3)nc12. The molecule has 0 amide bonds. The zero-order valence-corrected chi connectivity index (χ0v) is 20.2. The van der Waals surface area contributed by atoms with Gasteiger partial charge in [0.2, 0.25) is 0 Å². The lowest BCUT2D eigenvalue weighted by Crippen LogP contribution is -2.49. The Morgan fingerprint density at radius 1 is 1.17 bits per heavy atom. The molecule has 0 aromatic carbocycles. The predicted molar refractivity (Wildman–Crippen MR) is 125 cm³/mol. The van der Waals surface area contributed by atoms with E-state index in [2.05, 4.69) is 14.9 Å². The van der Waals surface area contributed by atoms with E-state index in [1.807, 2.05) is 4.90 Å². The molecule has 2 spiro atoms. The van der Waals surface area contributed by atoms with E-state index in [0.29, 0.717) is 48.4 Å². The van der Waals surface area contributed by atoms with Gasteiger partial charge in [-0.05, 0) is 55.9 Å². The van der Waals surface area contributed by atoms with Crippen molar-refractivity contribution in [3.8, 4) is 6.01 Å². The summed E-state index contributed by atoms with van der Waals surface area (Å²) in [6.45, 7) is 4.08. The van der Waals surface area contributed by atoms with Gasteiger partial charge in [-0.3, -0.25) is 4.90 Å². The first-order valence-corrected chi connectivity index (χ1v) is 13.2. The van der Waals surface area contributed by atoms with Crippen molar-refractivity contribution < 1.29 is 18.3 Å². The molecular formula is C25H28ClF2N5O2. The van der Waals surface area contributed by atoms with Gasteiger partial charge in [-0.15, -0.1) is 0 Å². The quantitative estimate of drug-likeness (QED) is 0.588. The summed E-state index contributed by atoms with van der Waals surface area (Å²) in [4.78, 5) is 17.7. The second-order valence-electron chi connectivity index (χ2n) is 11.8. The van der Waals surface area contributed by atoms with Crippen LogP contribution in [0.4, 0.5) is 14.6 Å². The normalized spacial score (nSPS) is 35.9. The zero-order chi connectivity index (χ0) is 23.6. The number of pyridine rings is 1. The minimum atomic E-state index is -0.997. The molecule has 6 aliphatic rings. The molecular weight excluding hydrogens is 476 g/mol. The first-order valence-electron chi connectivity index (χ1n) is 12.8. The van der Waals surface area contributed by atoms with E-state index in [1.165, 1.54) is 44.7 Å². The van der Waals surface area contributed by atoms with Crippen LogP contribution in [0.15, 0.2) is 6.20 Å². The Morgan fingerprint density at radius 3 is 2.83 bits per heavy atom. The highest BCUT2D eigenvalue weighted by molar-refractivity contribution is 6.30. The van der Waals surface area contributed by atoms with Crippen molar-refractivity contribution >= 4 is 28.3 Å². The Morgan fingerprint density at radius 2 is 2.03 bits per heavy atom. The van der Waals surface area contributed by atoms with Gasteiger partial charge >= 0.3 is 6.01 Å². The van der Waals surface area contributed by atoms with E-state index in [-0.39, 0.29) is 34.2 Å². The second-order valence-corrected chi connectivity index (χ2v) is 12.1. The fourth-order valence-corrected chi connectivity index (χ4v) is 7.71. The molecule has 6 fully saturated rings. The fraction of sp³-hybridized carbons (Fsp3) is 0.720. The van der Waals surface area contributed by atoms with Gasteiger partial charge < -0.3 is 14.4 Å². The molecule has 3 saturated carbocycles. The number of alkyl halides is 1. The molecule has 0 bridgehead atoms. The number of hydrogen-bond acceptors (Lipinski definition) is 7. The summed E-state index contributed by atoms with van der Waals surface area (Å²) in [7, 11) is 0. The zero-order valence-electron chi connectivity index (χ0n) is 19.5. The summed E-state index contributed by atoms with van der Waals surface area (Å²) in [5.41, 5.74) is 0.874. The Kier molecular flexibility index (Phi) is 4.21. The number of fused-ring (bicyclic) bond motifs is 4. The van der Waals surface area contributed by atoms with Crippen LogP contribution in [-0.4, -0.2) is 77.1 Å². The molecule has 186 valence electrons. The minimum Gasteiger partial charge on any atom is -0.461 e. The van der Waals surface area contributed by atoms with Crippen LogP contribution in [0.3, 0.4) is 0 Å². The van der Waals surface area contributed by atoms with Crippen molar-refractivity contribution in [3.05, 3.63) is 17.2 Å². The van der Waals surface area contributed by atoms with Crippen LogP contribution in [0.1, 0.15) is 38.5 Å². The lowest BCUT2D eigenvalue weighted by atomic mass is 9.78. The van der Waals surface area contributed by atoms with Crippen molar-refractivity contribution in [3.63, 3.8) is 0 Å². The molecule has 2 aromatic rings. The highest BCUT2D eigenvalue weighted by Crippen LogP contribution is 2.72. The Hall–Kier alpha value is -1.84. The molecule has 3 aliphatic heterocycles. The number of ether oxygens (including phenoxy) is 2. The molecule has 8 rings (SSSR count). The topological polar surface area (TPSA) is 63.6 Å². The molecule has 2 aromatic heterocycles. The van der Waals surface area contributed by atoms with E-state index >= 15 is 4.39 Å². The third-order valence-electron chi connectivity index (χ3n) is 9.95. The number of aromatic nitrogens is 3. The average Bonchev–Trinajstić information content (AvgIpc) is 3.76. The van der Waals surface area contributed by atoms with Crippen LogP contribution >= 0.6 is 11.6 Å². The van der Waals surface area contributed by atoms with Gasteiger partial charge in [0.1, 0.15) is 24.1 Å². The van der Waals surface area contributed by atoms with Gasteiger partial charge in [0, 0.05) is 25.2 Å². The predicted octanol–water partition coefficient (Wildman–Crippen LogP) is 3.78. The average molecular weight is 504 g/mol. The van der Waals surface area contributed by atoms with Crippen molar-refractivity contribution in [2.75, 3.05) is 44.4 Å². The first kappa shape index (κ1) is 21.3. The van der Waals surface area contributed by atoms with E-state index in [0.717, 1.165) is 13.1 Å². The molecule has 10 heteroatoms. The van der Waals surface area contributed by atoms with Gasteiger partial charge in [-0.2, -0.15) is 9.97 Å². The van der Waals surface area contributed by atoms with Gasteiger partial charge in [0.05, 0.1) is 30.2 Å². The fourth-order valence-electron chi connectivity index (χ4n) is 7.57. The molecule has 4 atom stereocenters. The molecule has 0 unspecified atom stereocenters. The molecule has 0 N–H and O–H groups in total. The first-order chi connectivity index (χ1) is 16.9. The van der Waals surface area contributed by atoms with Crippen LogP contribution in [0.25, 0.3) is 10.9 Å². The lowest BCUT2D eigenvalue weighted by Gasteiger charge is -2.37. The molecule has 7 nitrogen and oxygen atoms in total. The summed E-state index contributed by atoms with van der Waals surface area (Å²) in [5.74, 6) is -0.461. The maximum atomic E-state index is 15.1. The molecule has 3 saturated heterocycles. The van der Waals surface area contributed by atoms with Crippen molar-refractivity contribution in [1.82, 2.24) is 19.9 Å². The molecule has 35 heavy (non-hydrogen) atoms. The monoisotopic (exact) mass is 503 g/mol. The van der Waals surface area contributed by atoms with Crippen LogP contribution in [0, 0.1) is 22.6 Å². The Bertz CT molecular complexity index is 1240. The molecule has 0 radical (unpaired) electrons. The maximum Gasteiger partial charge on any atom is 0.319 e. The number of halogens is 3. The van der Waals surface area contributed by atoms with Crippen molar-refractivity contribution in [2.24, 2.45) is 16.7 Å². The van der Waals surface area contributed by atoms with Gasteiger partial charge in [0.25, 0.3) is 0 Å². The van der Waals surface area contributed by atoms with E-state index in [1.54, 1.807) is 0 Å². The summed E-state index contributed by atoms with van der Waals surface area (Å²) in [5, 5.41) is 0.167. The summed E-state index contributed by atoms with van der Waals surface area (Å²) in [6, 6.07) is -0.217. The van der Waals surface area contributed by atoms with Crippen LogP contribution in [0.5, 0.6) is 6.01 Å². The number of rotatable bonds is 4.